The van der Waals surface area contributed by atoms with E-state index in [-0.39, 0.29) is 5.56 Å². The minimum atomic E-state index is -1.37. The Morgan fingerprint density at radius 2 is 2.00 bits per heavy atom. The van der Waals surface area contributed by atoms with E-state index in [1.54, 1.807) is 12.1 Å². The van der Waals surface area contributed by atoms with Crippen LogP contribution in [0.15, 0.2) is 22.7 Å². The molecular formula is C13H14BrNO6. The fourth-order valence-corrected chi connectivity index (χ4v) is 1.92. The Bertz CT molecular complexity index is 560. The second kappa shape index (κ2) is 7.63. The van der Waals surface area contributed by atoms with Crippen LogP contribution in [-0.4, -0.2) is 43.2 Å². The summed E-state index contributed by atoms with van der Waals surface area (Å²) in [7, 11) is 2.59. The van der Waals surface area contributed by atoms with E-state index in [0.717, 1.165) is 7.11 Å². The zero-order valence-electron chi connectivity index (χ0n) is 11.4. The number of benzene rings is 1. The van der Waals surface area contributed by atoms with Gasteiger partial charge in [-0.25, -0.2) is 4.79 Å². The van der Waals surface area contributed by atoms with Crippen molar-refractivity contribution in [2.24, 2.45) is 0 Å². The van der Waals surface area contributed by atoms with Crippen LogP contribution in [0.2, 0.25) is 0 Å². The number of hydrogen-bond donors (Lipinski definition) is 2. The van der Waals surface area contributed by atoms with Gasteiger partial charge in [0.25, 0.3) is 5.91 Å². The molecule has 0 aliphatic rings. The first-order valence-electron chi connectivity index (χ1n) is 5.83. The van der Waals surface area contributed by atoms with E-state index in [9.17, 15) is 14.4 Å². The maximum Gasteiger partial charge on any atom is 0.326 e. The topological polar surface area (TPSA) is 102 Å². The summed E-state index contributed by atoms with van der Waals surface area (Å²) in [6.07, 6.45) is -0.459. The van der Waals surface area contributed by atoms with Crippen molar-refractivity contribution in [2.45, 2.75) is 12.5 Å². The van der Waals surface area contributed by atoms with E-state index in [0.29, 0.717) is 10.2 Å². The maximum absolute atomic E-state index is 12.1. The summed E-state index contributed by atoms with van der Waals surface area (Å²) >= 11 is 3.20. The average Bonchev–Trinajstić information content (AvgIpc) is 2.46. The van der Waals surface area contributed by atoms with Crippen LogP contribution in [0.25, 0.3) is 0 Å². The van der Waals surface area contributed by atoms with Crippen molar-refractivity contribution >= 4 is 33.8 Å². The minimum Gasteiger partial charge on any atom is -0.497 e. The number of carbonyl (C=O) groups is 3. The van der Waals surface area contributed by atoms with E-state index < -0.39 is 30.3 Å². The molecule has 0 saturated heterocycles. The maximum atomic E-state index is 12.1. The van der Waals surface area contributed by atoms with Gasteiger partial charge in [0.05, 0.1) is 26.2 Å². The Kier molecular flexibility index (Phi) is 6.16. The molecular weight excluding hydrogens is 346 g/mol. The molecule has 1 aromatic carbocycles. The van der Waals surface area contributed by atoms with Crippen LogP contribution < -0.4 is 10.1 Å². The second-order valence-corrected chi connectivity index (χ2v) is 4.84. The van der Waals surface area contributed by atoms with E-state index in [2.05, 4.69) is 26.0 Å². The molecule has 0 heterocycles. The van der Waals surface area contributed by atoms with E-state index in [4.69, 9.17) is 9.84 Å². The highest BCUT2D eigenvalue weighted by Crippen LogP contribution is 2.22. The number of carboxylic acids is 1. The molecule has 0 aliphatic carbocycles. The lowest BCUT2D eigenvalue weighted by molar-refractivity contribution is -0.147. The molecule has 0 unspecified atom stereocenters. The van der Waals surface area contributed by atoms with Crippen molar-refractivity contribution in [3.8, 4) is 5.75 Å². The van der Waals surface area contributed by atoms with Crippen LogP contribution in [-0.2, 0) is 14.3 Å². The third-order valence-electron chi connectivity index (χ3n) is 2.62. The van der Waals surface area contributed by atoms with Gasteiger partial charge in [0, 0.05) is 4.47 Å². The second-order valence-electron chi connectivity index (χ2n) is 3.99. The van der Waals surface area contributed by atoms with Gasteiger partial charge in [-0.1, -0.05) is 0 Å². The molecule has 1 amide bonds. The zero-order valence-corrected chi connectivity index (χ0v) is 13.0. The molecule has 1 rings (SSSR count). The molecule has 0 bridgehead atoms. The molecule has 0 aromatic heterocycles. The fourth-order valence-electron chi connectivity index (χ4n) is 1.49. The van der Waals surface area contributed by atoms with Crippen LogP contribution in [0.1, 0.15) is 16.8 Å². The highest BCUT2D eigenvalue weighted by atomic mass is 79.9. The molecule has 2 N–H and O–H groups in total. The van der Waals surface area contributed by atoms with E-state index >= 15 is 0 Å². The van der Waals surface area contributed by atoms with Crippen LogP contribution in [0.4, 0.5) is 0 Å². The first-order chi connectivity index (χ1) is 9.88. The first kappa shape index (κ1) is 17.0. The van der Waals surface area contributed by atoms with Crippen molar-refractivity contribution in [1.29, 1.82) is 0 Å². The zero-order chi connectivity index (χ0) is 16.0. The Morgan fingerprint density at radius 1 is 1.33 bits per heavy atom. The lowest BCUT2D eigenvalue weighted by atomic mass is 10.1. The SMILES string of the molecule is COC(=O)C[C@H](NC(=O)c1cc(OC)ccc1Br)C(=O)O. The van der Waals surface area contributed by atoms with Crippen molar-refractivity contribution < 1.29 is 29.0 Å². The summed E-state index contributed by atoms with van der Waals surface area (Å²) in [4.78, 5) is 34.3. The lowest BCUT2D eigenvalue weighted by Gasteiger charge is -2.14. The fraction of sp³-hybridized carbons (Fsp3) is 0.308. The largest absolute Gasteiger partial charge is 0.497 e. The molecule has 0 spiro atoms. The van der Waals surface area contributed by atoms with Crippen LogP contribution >= 0.6 is 15.9 Å². The van der Waals surface area contributed by atoms with Gasteiger partial charge in [-0.15, -0.1) is 0 Å². The van der Waals surface area contributed by atoms with Gasteiger partial charge in [0.2, 0.25) is 0 Å². The number of aliphatic carboxylic acids is 1. The van der Waals surface area contributed by atoms with Crippen LogP contribution in [0, 0.1) is 0 Å². The highest BCUT2D eigenvalue weighted by Gasteiger charge is 2.25. The standard InChI is InChI=1S/C13H14BrNO6/c1-20-7-3-4-9(14)8(5-7)12(17)15-10(13(18)19)6-11(16)21-2/h3-5,10H,6H2,1-2H3,(H,15,17)(H,18,19)/t10-/m0/s1. The number of methoxy groups -OCH3 is 2. The number of hydrogen-bond acceptors (Lipinski definition) is 5. The molecule has 0 fully saturated rings. The highest BCUT2D eigenvalue weighted by molar-refractivity contribution is 9.10. The average molecular weight is 360 g/mol. The molecule has 21 heavy (non-hydrogen) atoms. The third kappa shape index (κ3) is 4.75. The van der Waals surface area contributed by atoms with Crippen LogP contribution in [0.3, 0.4) is 0 Å². The number of nitrogens with one attached hydrogen (secondary N) is 1. The predicted molar refractivity (Wildman–Crippen MR) is 76.2 cm³/mol. The van der Waals surface area contributed by atoms with E-state index in [1.165, 1.54) is 13.2 Å². The summed E-state index contributed by atoms with van der Waals surface area (Å²) in [5.74, 6) is -2.25. The minimum absolute atomic E-state index is 0.200. The summed E-state index contributed by atoms with van der Waals surface area (Å²) in [5, 5.41) is 11.3. The monoisotopic (exact) mass is 359 g/mol. The first-order valence-corrected chi connectivity index (χ1v) is 6.62. The third-order valence-corrected chi connectivity index (χ3v) is 3.31. The Balaban J connectivity index is 2.91. The van der Waals surface area contributed by atoms with Crippen molar-refractivity contribution in [3.63, 3.8) is 0 Å². The molecule has 0 aliphatic heterocycles. The number of ether oxygens (including phenoxy) is 2. The molecule has 1 atom stereocenters. The smallest absolute Gasteiger partial charge is 0.326 e. The molecule has 0 saturated carbocycles. The quantitative estimate of drug-likeness (QED) is 0.740. The van der Waals surface area contributed by atoms with Gasteiger partial charge in [-0.2, -0.15) is 0 Å². The Labute approximate surface area is 129 Å². The van der Waals surface area contributed by atoms with Gasteiger partial charge in [0.1, 0.15) is 11.8 Å². The summed E-state index contributed by atoms with van der Waals surface area (Å²) in [5.41, 5.74) is 0.200. The number of rotatable bonds is 6. The van der Waals surface area contributed by atoms with Crippen LogP contribution in [0.5, 0.6) is 5.75 Å². The lowest BCUT2D eigenvalue weighted by Crippen LogP contribution is -2.42. The number of carbonyl (C=O) groups excluding carboxylic acids is 2. The molecule has 0 radical (unpaired) electrons. The number of carboxylic acid groups (broad SMARTS) is 1. The van der Waals surface area contributed by atoms with Crippen molar-refractivity contribution in [1.82, 2.24) is 5.32 Å². The van der Waals surface area contributed by atoms with Gasteiger partial charge >= 0.3 is 11.9 Å². The summed E-state index contributed by atoms with van der Waals surface area (Å²) in [6, 6.07) is 3.33. The Hall–Kier alpha value is -2.09. The summed E-state index contributed by atoms with van der Waals surface area (Å²) < 4.78 is 9.87. The van der Waals surface area contributed by atoms with Crippen molar-refractivity contribution in [2.75, 3.05) is 14.2 Å². The predicted octanol–water partition coefficient (Wildman–Crippen LogP) is 1.20. The molecule has 1 aromatic rings. The number of halogens is 1. The van der Waals surface area contributed by atoms with Gasteiger partial charge in [0.15, 0.2) is 0 Å². The van der Waals surface area contributed by atoms with Gasteiger partial charge < -0.3 is 19.9 Å². The molecule has 114 valence electrons. The number of esters is 1. The van der Waals surface area contributed by atoms with Gasteiger partial charge in [-0.3, -0.25) is 9.59 Å². The molecule has 8 heteroatoms. The van der Waals surface area contributed by atoms with E-state index in [1.807, 2.05) is 0 Å². The number of amides is 1. The van der Waals surface area contributed by atoms with Crippen molar-refractivity contribution in [3.05, 3.63) is 28.2 Å². The molecule has 7 nitrogen and oxygen atoms in total. The Morgan fingerprint density at radius 3 is 2.52 bits per heavy atom. The summed E-state index contributed by atoms with van der Waals surface area (Å²) in [6.45, 7) is 0. The normalized spacial score (nSPS) is 11.4. The van der Waals surface area contributed by atoms with Gasteiger partial charge in [-0.05, 0) is 34.1 Å².